The molecule has 2 N–H and O–H groups in total. The molecule has 2 atom stereocenters. The van der Waals surface area contributed by atoms with Crippen molar-refractivity contribution in [2.75, 3.05) is 23.8 Å². The number of carbonyl (C=O) groups is 1. The number of nitrogens with one attached hydrogen (secondary N) is 2. The summed E-state index contributed by atoms with van der Waals surface area (Å²) in [6, 6.07) is 1.05. The predicted molar refractivity (Wildman–Crippen MR) is 162 cm³/mol. The van der Waals surface area contributed by atoms with Crippen LogP contribution in [0.4, 0.5) is 22.2 Å². The first-order valence-electron chi connectivity index (χ1n) is 13.9. The lowest BCUT2D eigenvalue weighted by Gasteiger charge is -2.27. The van der Waals surface area contributed by atoms with Gasteiger partial charge in [0, 0.05) is 52.2 Å². The molecule has 13 heteroatoms. The second kappa shape index (κ2) is 12.0. The molecular formula is C27H43ClN8O3Si. The number of carbonyl (C=O) groups excluding carboxylic acids is 1. The number of halogens is 1. The molecule has 3 aromatic rings. The molecule has 0 radical (unpaired) electrons. The number of amides is 1. The van der Waals surface area contributed by atoms with E-state index in [1.165, 1.54) is 0 Å². The van der Waals surface area contributed by atoms with Gasteiger partial charge in [-0.25, -0.2) is 4.79 Å². The molecule has 1 aliphatic rings. The minimum atomic E-state index is -1.21. The van der Waals surface area contributed by atoms with Crippen LogP contribution in [0.5, 0.6) is 0 Å². The molecule has 1 fully saturated rings. The molecule has 0 aliphatic carbocycles. The van der Waals surface area contributed by atoms with Gasteiger partial charge >= 0.3 is 6.09 Å². The quantitative estimate of drug-likeness (QED) is 0.213. The van der Waals surface area contributed by atoms with E-state index in [4.69, 9.17) is 31.0 Å². The molecule has 0 saturated carbocycles. The molecular weight excluding hydrogens is 548 g/mol. The van der Waals surface area contributed by atoms with Crippen molar-refractivity contribution in [3.8, 4) is 0 Å². The lowest BCUT2D eigenvalue weighted by molar-refractivity contribution is 0.0238. The number of nitrogens with zero attached hydrogens (tertiary/aromatic N) is 6. The Morgan fingerprint density at radius 2 is 1.98 bits per heavy atom. The van der Waals surface area contributed by atoms with Gasteiger partial charge < -0.3 is 29.6 Å². The lowest BCUT2D eigenvalue weighted by atomic mass is 10.2. The predicted octanol–water partition coefficient (Wildman–Crippen LogP) is 6.17. The first kappa shape index (κ1) is 30.1. The Morgan fingerprint density at radius 1 is 1.23 bits per heavy atom. The van der Waals surface area contributed by atoms with Crippen molar-refractivity contribution >= 4 is 54.3 Å². The minimum absolute atomic E-state index is 0.0157. The maximum Gasteiger partial charge on any atom is 0.410 e. The number of fused-ring (bicyclic) bond motifs is 1. The first-order valence-corrected chi connectivity index (χ1v) is 18.0. The Labute approximate surface area is 242 Å². The summed E-state index contributed by atoms with van der Waals surface area (Å²) in [5.74, 6) is 1.02. The van der Waals surface area contributed by atoms with E-state index in [1.54, 1.807) is 11.1 Å². The smallest absolute Gasteiger partial charge is 0.410 e. The van der Waals surface area contributed by atoms with Gasteiger partial charge in [0.1, 0.15) is 18.1 Å². The third-order valence-electron chi connectivity index (χ3n) is 6.65. The van der Waals surface area contributed by atoms with Crippen LogP contribution in [-0.4, -0.2) is 74.2 Å². The molecule has 0 aromatic carbocycles. The van der Waals surface area contributed by atoms with Crippen molar-refractivity contribution in [2.45, 2.75) is 97.7 Å². The fourth-order valence-electron chi connectivity index (χ4n) is 4.57. The lowest BCUT2D eigenvalue weighted by Crippen LogP contribution is -2.39. The number of aryl methyl sites for hydroxylation is 1. The monoisotopic (exact) mass is 590 g/mol. The van der Waals surface area contributed by atoms with Crippen molar-refractivity contribution in [2.24, 2.45) is 0 Å². The highest BCUT2D eigenvalue weighted by atomic mass is 35.5. The molecule has 220 valence electrons. The normalized spacial score (nSPS) is 18.0. The average Bonchev–Trinajstić information content (AvgIpc) is 3.52. The van der Waals surface area contributed by atoms with Gasteiger partial charge in [0.2, 0.25) is 5.95 Å². The van der Waals surface area contributed by atoms with Crippen LogP contribution >= 0.6 is 11.6 Å². The van der Waals surface area contributed by atoms with Crippen LogP contribution in [0.2, 0.25) is 30.7 Å². The van der Waals surface area contributed by atoms with Crippen molar-refractivity contribution in [1.29, 1.82) is 0 Å². The van der Waals surface area contributed by atoms with E-state index < -0.39 is 13.7 Å². The highest BCUT2D eigenvalue weighted by Gasteiger charge is 2.35. The Morgan fingerprint density at radius 3 is 2.62 bits per heavy atom. The zero-order valence-corrected chi connectivity index (χ0v) is 26.7. The summed E-state index contributed by atoms with van der Waals surface area (Å²) in [5, 5.41) is 12.4. The van der Waals surface area contributed by atoms with Gasteiger partial charge in [-0.05, 0) is 47.1 Å². The molecule has 1 saturated heterocycles. The second-order valence-electron chi connectivity index (χ2n) is 12.7. The van der Waals surface area contributed by atoms with E-state index in [1.807, 2.05) is 56.3 Å². The molecule has 0 bridgehead atoms. The van der Waals surface area contributed by atoms with Crippen molar-refractivity contribution in [1.82, 2.24) is 29.2 Å². The fourth-order valence-corrected chi connectivity index (χ4v) is 5.62. The second-order valence-corrected chi connectivity index (χ2v) is 18.7. The van der Waals surface area contributed by atoms with Crippen LogP contribution in [0, 0.1) is 0 Å². The van der Waals surface area contributed by atoms with Crippen molar-refractivity contribution < 1.29 is 14.3 Å². The van der Waals surface area contributed by atoms with E-state index in [0.29, 0.717) is 47.7 Å². The fraction of sp³-hybridized carbons (Fsp3) is 0.630. The largest absolute Gasteiger partial charge is 0.444 e. The standard InChI is InChI=1S/C27H43ClN8O3Si/c1-9-35-14-20(13-29-35)31-25-32-23(30-19-12-18(2)36(15-19)26(37)39-27(3,4)5)22-21(28)16-34(24(22)33-25)17-38-10-11-40(6,7)8/h13-14,16,18-19H,9-12,15,17H2,1-8H3,(H2,30,31,32,33)/t18-,19+/m0/s1. The zero-order chi connectivity index (χ0) is 29.2. The topological polar surface area (TPSA) is 111 Å². The molecule has 40 heavy (non-hydrogen) atoms. The molecule has 1 aliphatic heterocycles. The Balaban J connectivity index is 1.61. The van der Waals surface area contributed by atoms with Gasteiger partial charge in [-0.3, -0.25) is 4.68 Å². The highest BCUT2D eigenvalue weighted by molar-refractivity contribution is 6.76. The van der Waals surface area contributed by atoms with E-state index >= 15 is 0 Å². The number of likely N-dealkylation sites (tertiary alicyclic amines) is 1. The van der Waals surface area contributed by atoms with Gasteiger partial charge in [-0.2, -0.15) is 15.1 Å². The van der Waals surface area contributed by atoms with E-state index in [-0.39, 0.29) is 18.2 Å². The maximum atomic E-state index is 12.8. The van der Waals surface area contributed by atoms with Crippen LogP contribution in [0.3, 0.4) is 0 Å². The number of ether oxygens (including phenoxy) is 2. The van der Waals surface area contributed by atoms with Crippen LogP contribution in [0.25, 0.3) is 11.0 Å². The molecule has 0 unspecified atom stereocenters. The highest BCUT2D eigenvalue weighted by Crippen LogP contribution is 2.34. The number of anilines is 3. The van der Waals surface area contributed by atoms with Crippen LogP contribution in [0.1, 0.15) is 41.0 Å². The SMILES string of the molecule is CCn1cc(Nc2nc(N[C@@H]3C[C@H](C)N(C(=O)OC(C)(C)C)C3)c3c(Cl)cn(COCC[Si](C)(C)C)c3n2)cn1. The van der Waals surface area contributed by atoms with Crippen LogP contribution in [0.15, 0.2) is 18.6 Å². The van der Waals surface area contributed by atoms with Gasteiger partial charge in [0.15, 0.2) is 5.65 Å². The first-order chi connectivity index (χ1) is 18.7. The van der Waals surface area contributed by atoms with E-state index in [0.717, 1.165) is 24.7 Å². The average molecular weight is 591 g/mol. The van der Waals surface area contributed by atoms with E-state index in [2.05, 4.69) is 35.4 Å². The summed E-state index contributed by atoms with van der Waals surface area (Å²) in [6.45, 7) is 18.9. The summed E-state index contributed by atoms with van der Waals surface area (Å²) in [5.41, 5.74) is 0.894. The zero-order valence-electron chi connectivity index (χ0n) is 24.9. The molecule has 4 rings (SSSR count). The Bertz CT molecular complexity index is 1330. The molecule has 1 amide bonds. The summed E-state index contributed by atoms with van der Waals surface area (Å²) in [7, 11) is -1.21. The summed E-state index contributed by atoms with van der Waals surface area (Å²) in [6.07, 6.45) is 5.92. The third kappa shape index (κ3) is 7.67. The molecule has 11 nitrogen and oxygen atoms in total. The molecule has 3 aromatic heterocycles. The summed E-state index contributed by atoms with van der Waals surface area (Å²) < 4.78 is 15.4. The summed E-state index contributed by atoms with van der Waals surface area (Å²) >= 11 is 6.76. The summed E-state index contributed by atoms with van der Waals surface area (Å²) in [4.78, 5) is 24.2. The van der Waals surface area contributed by atoms with Gasteiger partial charge in [-0.15, -0.1) is 0 Å². The van der Waals surface area contributed by atoms with Crippen molar-refractivity contribution in [3.63, 3.8) is 0 Å². The van der Waals surface area contributed by atoms with Crippen molar-refractivity contribution in [3.05, 3.63) is 23.6 Å². The van der Waals surface area contributed by atoms with Gasteiger partial charge in [0.05, 0.1) is 22.3 Å². The van der Waals surface area contributed by atoms with Gasteiger partial charge in [0.25, 0.3) is 0 Å². The van der Waals surface area contributed by atoms with Crippen LogP contribution in [-0.2, 0) is 22.7 Å². The number of aromatic nitrogens is 5. The molecule has 0 spiro atoms. The Hall–Kier alpha value is -2.83. The third-order valence-corrected chi connectivity index (χ3v) is 8.64. The Kier molecular flexibility index (Phi) is 9.01. The number of hydrogen-bond acceptors (Lipinski definition) is 8. The number of rotatable bonds is 10. The van der Waals surface area contributed by atoms with Crippen LogP contribution < -0.4 is 10.6 Å². The minimum Gasteiger partial charge on any atom is -0.444 e. The number of hydrogen-bond donors (Lipinski definition) is 2. The van der Waals surface area contributed by atoms with Gasteiger partial charge in [-0.1, -0.05) is 31.2 Å². The maximum absolute atomic E-state index is 12.8. The molecule has 4 heterocycles. The van der Waals surface area contributed by atoms with E-state index in [9.17, 15) is 4.79 Å².